The first-order chi connectivity index (χ1) is 14.9. The van der Waals surface area contributed by atoms with Crippen molar-refractivity contribution in [2.24, 2.45) is 0 Å². The van der Waals surface area contributed by atoms with E-state index in [2.05, 4.69) is 22.1 Å². The zero-order chi connectivity index (χ0) is 22.3. The highest BCUT2D eigenvalue weighted by Gasteiger charge is 2.19. The molecule has 1 aliphatic rings. The number of benzene rings is 2. The van der Waals surface area contributed by atoms with Crippen LogP contribution in [0.2, 0.25) is 0 Å². The van der Waals surface area contributed by atoms with Crippen molar-refractivity contribution < 1.29 is 13.2 Å². The van der Waals surface area contributed by atoms with E-state index in [0.717, 1.165) is 18.8 Å². The average molecular weight is 443 g/mol. The lowest BCUT2D eigenvalue weighted by atomic mass is 10.1. The molecule has 1 amide bonds. The summed E-state index contributed by atoms with van der Waals surface area (Å²) < 4.78 is 26.1. The van der Waals surface area contributed by atoms with Crippen LogP contribution in [0.1, 0.15) is 19.3 Å². The monoisotopic (exact) mass is 442 g/mol. The van der Waals surface area contributed by atoms with Crippen LogP contribution in [-0.4, -0.2) is 51.9 Å². The third-order valence-corrected chi connectivity index (χ3v) is 7.11. The van der Waals surface area contributed by atoms with Gasteiger partial charge in [-0.05, 0) is 67.8 Å². The van der Waals surface area contributed by atoms with Gasteiger partial charge in [-0.15, -0.1) is 6.58 Å². The number of nitrogens with one attached hydrogen (secondary N) is 2. The molecule has 2 aromatic rings. The van der Waals surface area contributed by atoms with Crippen molar-refractivity contribution in [1.29, 1.82) is 0 Å². The van der Waals surface area contributed by atoms with E-state index >= 15 is 0 Å². The number of carbonyl (C=O) groups excluding carboxylic acids is 1. The first-order valence-electron chi connectivity index (χ1n) is 10.5. The van der Waals surface area contributed by atoms with Crippen LogP contribution in [0.5, 0.6) is 0 Å². The maximum atomic E-state index is 12.4. The van der Waals surface area contributed by atoms with Gasteiger partial charge in [0.05, 0.1) is 11.4 Å². The number of hydrogen-bond donors (Lipinski definition) is 2. The molecule has 166 valence electrons. The van der Waals surface area contributed by atoms with E-state index in [1.807, 2.05) is 24.3 Å². The highest BCUT2D eigenvalue weighted by Crippen LogP contribution is 2.22. The zero-order valence-corrected chi connectivity index (χ0v) is 18.7. The minimum Gasteiger partial charge on any atom is -0.376 e. The normalized spacial score (nSPS) is 14.3. The summed E-state index contributed by atoms with van der Waals surface area (Å²) in [7, 11) is -2.04. The van der Waals surface area contributed by atoms with Crippen LogP contribution in [0.4, 0.5) is 17.1 Å². The summed E-state index contributed by atoms with van der Waals surface area (Å²) in [5.74, 6) is -0.173. The summed E-state index contributed by atoms with van der Waals surface area (Å²) in [4.78, 5) is 14.8. The van der Waals surface area contributed by atoms with Crippen molar-refractivity contribution in [3.8, 4) is 0 Å². The molecule has 1 fully saturated rings. The highest BCUT2D eigenvalue weighted by atomic mass is 32.2. The lowest BCUT2D eigenvalue weighted by Gasteiger charge is -2.28. The van der Waals surface area contributed by atoms with E-state index in [1.165, 1.54) is 54.5 Å². The fourth-order valence-corrected chi connectivity index (χ4v) is 4.64. The summed E-state index contributed by atoms with van der Waals surface area (Å²) in [5, 5.41) is 5.89. The van der Waals surface area contributed by atoms with Gasteiger partial charge in [0.1, 0.15) is 0 Å². The molecule has 0 atom stereocenters. The second-order valence-corrected chi connectivity index (χ2v) is 9.64. The molecular weight excluding hydrogens is 412 g/mol. The van der Waals surface area contributed by atoms with Crippen LogP contribution >= 0.6 is 0 Å². The summed E-state index contributed by atoms with van der Waals surface area (Å²) in [5.41, 5.74) is 2.60. The number of carbonyl (C=O) groups is 1. The fourth-order valence-electron chi connectivity index (χ4n) is 3.50. The zero-order valence-electron chi connectivity index (χ0n) is 17.9. The Bertz CT molecular complexity index is 982. The molecule has 1 aliphatic heterocycles. The minimum absolute atomic E-state index is 0.0797. The Kier molecular flexibility index (Phi) is 7.70. The molecule has 31 heavy (non-hydrogen) atoms. The summed E-state index contributed by atoms with van der Waals surface area (Å²) >= 11 is 0. The van der Waals surface area contributed by atoms with Crippen LogP contribution in [-0.2, 0) is 14.8 Å². The number of amides is 1. The molecule has 3 rings (SSSR count). The first kappa shape index (κ1) is 22.8. The maximum Gasteiger partial charge on any atom is 0.243 e. The maximum absolute atomic E-state index is 12.4. The van der Waals surface area contributed by atoms with Gasteiger partial charge in [-0.3, -0.25) is 4.79 Å². The average Bonchev–Trinajstić information content (AvgIpc) is 2.79. The van der Waals surface area contributed by atoms with E-state index in [4.69, 9.17) is 0 Å². The summed E-state index contributed by atoms with van der Waals surface area (Å²) in [6.07, 6.45) is 5.28. The highest BCUT2D eigenvalue weighted by molar-refractivity contribution is 7.89. The van der Waals surface area contributed by atoms with Crippen molar-refractivity contribution in [2.45, 2.75) is 24.2 Å². The second-order valence-electron chi connectivity index (χ2n) is 7.59. The molecule has 0 radical (unpaired) electrons. The third-order valence-electron chi connectivity index (χ3n) is 5.27. The van der Waals surface area contributed by atoms with E-state index in [9.17, 15) is 13.2 Å². The predicted octanol–water partition coefficient (Wildman–Crippen LogP) is 3.53. The number of nitrogens with zero attached hydrogens (tertiary/aromatic N) is 2. The van der Waals surface area contributed by atoms with Gasteiger partial charge in [0, 0.05) is 43.7 Å². The van der Waals surface area contributed by atoms with Gasteiger partial charge < -0.3 is 15.5 Å². The molecule has 8 heteroatoms. The molecule has 2 N–H and O–H groups in total. The topological polar surface area (TPSA) is 81.8 Å². The Balaban J connectivity index is 1.51. The number of piperidine rings is 1. The van der Waals surface area contributed by atoms with Crippen molar-refractivity contribution in [2.75, 3.05) is 48.8 Å². The lowest BCUT2D eigenvalue weighted by Crippen LogP contribution is -2.29. The second kappa shape index (κ2) is 10.5. The van der Waals surface area contributed by atoms with E-state index in [-0.39, 0.29) is 23.9 Å². The molecule has 1 heterocycles. The molecule has 0 aromatic heterocycles. The molecular formula is C23H30N4O3S. The molecule has 2 aromatic carbocycles. The van der Waals surface area contributed by atoms with Crippen molar-refractivity contribution >= 4 is 33.0 Å². The van der Waals surface area contributed by atoms with Gasteiger partial charge >= 0.3 is 0 Å². The van der Waals surface area contributed by atoms with Gasteiger partial charge in [0.2, 0.25) is 15.9 Å². The molecule has 7 nitrogen and oxygen atoms in total. The van der Waals surface area contributed by atoms with Gasteiger partial charge in [0.15, 0.2) is 0 Å². The Morgan fingerprint density at radius 2 is 1.65 bits per heavy atom. The van der Waals surface area contributed by atoms with E-state index in [1.54, 1.807) is 12.1 Å². The minimum atomic E-state index is -3.55. The first-order valence-corrected chi connectivity index (χ1v) is 11.9. The van der Waals surface area contributed by atoms with Crippen molar-refractivity contribution in [3.05, 3.63) is 61.2 Å². The number of hydrogen-bond acceptors (Lipinski definition) is 5. The SMILES string of the molecule is C=CCN(C)S(=O)(=O)c1ccc(NCC(=O)Nc2ccc(N3CCCCC3)cc2)cc1. The van der Waals surface area contributed by atoms with Gasteiger partial charge in [-0.2, -0.15) is 4.31 Å². The number of sulfonamides is 1. The molecule has 0 saturated carbocycles. The predicted molar refractivity (Wildman–Crippen MR) is 126 cm³/mol. The summed E-state index contributed by atoms with van der Waals surface area (Å²) in [6.45, 7) is 6.05. The quantitative estimate of drug-likeness (QED) is 0.581. The van der Waals surface area contributed by atoms with Crippen LogP contribution in [0.25, 0.3) is 0 Å². The number of rotatable bonds is 9. The fraction of sp³-hybridized carbons (Fsp3) is 0.348. The Morgan fingerprint density at radius 3 is 2.26 bits per heavy atom. The molecule has 0 unspecified atom stereocenters. The van der Waals surface area contributed by atoms with E-state index in [0.29, 0.717) is 5.69 Å². The van der Waals surface area contributed by atoms with Gasteiger partial charge in [0.25, 0.3) is 0 Å². The van der Waals surface area contributed by atoms with Crippen molar-refractivity contribution in [3.63, 3.8) is 0 Å². The Labute approximate surface area is 184 Å². The molecule has 0 spiro atoms. The number of anilines is 3. The summed E-state index contributed by atoms with van der Waals surface area (Å²) in [6, 6.07) is 14.3. The third kappa shape index (κ3) is 6.08. The molecule has 0 bridgehead atoms. The smallest absolute Gasteiger partial charge is 0.243 e. The van der Waals surface area contributed by atoms with Crippen LogP contribution in [0, 0.1) is 0 Å². The Hall–Kier alpha value is -2.84. The standard InChI is InChI=1S/C23H30N4O3S/c1-3-15-26(2)31(29,30)22-13-9-19(10-14-22)24-18-23(28)25-20-7-11-21(12-8-20)27-16-5-4-6-17-27/h3,7-14,24H,1,4-6,15-18H2,2H3,(H,25,28). The van der Waals surface area contributed by atoms with Crippen LogP contribution < -0.4 is 15.5 Å². The largest absolute Gasteiger partial charge is 0.376 e. The van der Waals surface area contributed by atoms with Crippen molar-refractivity contribution in [1.82, 2.24) is 4.31 Å². The van der Waals surface area contributed by atoms with Gasteiger partial charge in [-0.25, -0.2) is 8.42 Å². The molecule has 1 saturated heterocycles. The van der Waals surface area contributed by atoms with Gasteiger partial charge in [-0.1, -0.05) is 6.08 Å². The number of likely N-dealkylation sites (N-methyl/N-ethyl adjacent to an activating group) is 1. The van der Waals surface area contributed by atoms with Crippen LogP contribution in [0.3, 0.4) is 0 Å². The Morgan fingerprint density at radius 1 is 1.03 bits per heavy atom. The molecule has 0 aliphatic carbocycles. The lowest BCUT2D eigenvalue weighted by molar-refractivity contribution is -0.114. The van der Waals surface area contributed by atoms with E-state index < -0.39 is 10.0 Å². The van der Waals surface area contributed by atoms with Crippen LogP contribution in [0.15, 0.2) is 66.1 Å².